The first-order valence-corrected chi connectivity index (χ1v) is 9.04. The lowest BCUT2D eigenvalue weighted by atomic mass is 10.1. The highest BCUT2D eigenvalue weighted by atomic mass is 35.5. The second-order valence-corrected chi connectivity index (χ2v) is 6.67. The first kappa shape index (κ1) is 18.2. The van der Waals surface area contributed by atoms with E-state index < -0.39 is 0 Å². The molecule has 3 aromatic rings. The average Bonchev–Trinajstić information content (AvgIpc) is 2.67. The monoisotopic (exact) mass is 365 g/mol. The van der Waals surface area contributed by atoms with Crippen molar-refractivity contribution < 1.29 is 10.1 Å². The van der Waals surface area contributed by atoms with Crippen LogP contribution in [0.4, 0.5) is 5.69 Å². The van der Waals surface area contributed by atoms with Crippen molar-refractivity contribution in [3.63, 3.8) is 0 Å². The quantitative estimate of drug-likeness (QED) is 0.667. The standard InChI is InChI=1S/C22H21ClN2O/c1-16(20-9-5-6-10-21(20)23)24-15-17-11-13-18(14-12-17)22(26)25-19-7-3-2-4-8-19/h2-14,16,24H,15H2,1H3,(H,25,26)/p+1/t16-/m1/s1. The highest BCUT2D eigenvalue weighted by Crippen LogP contribution is 2.19. The van der Waals surface area contributed by atoms with Crippen LogP contribution in [0.5, 0.6) is 0 Å². The van der Waals surface area contributed by atoms with Crippen LogP contribution in [0.3, 0.4) is 0 Å². The Hall–Kier alpha value is -2.62. The summed E-state index contributed by atoms with van der Waals surface area (Å²) in [4.78, 5) is 12.3. The van der Waals surface area contributed by atoms with Gasteiger partial charge in [-0.2, -0.15) is 0 Å². The van der Waals surface area contributed by atoms with E-state index in [0.717, 1.165) is 22.8 Å². The second kappa shape index (κ2) is 8.65. The Morgan fingerprint density at radius 3 is 2.31 bits per heavy atom. The number of amides is 1. The fraction of sp³-hybridized carbons (Fsp3) is 0.136. The van der Waals surface area contributed by atoms with Crippen LogP contribution in [0, 0.1) is 0 Å². The number of anilines is 1. The SMILES string of the molecule is C[C@@H]([NH2+]Cc1ccc(C(=O)Nc2ccccc2)cc1)c1ccccc1Cl. The third-order valence-electron chi connectivity index (χ3n) is 4.35. The van der Waals surface area contributed by atoms with E-state index in [1.807, 2.05) is 72.8 Å². The van der Waals surface area contributed by atoms with Crippen molar-refractivity contribution in [1.82, 2.24) is 0 Å². The Balaban J connectivity index is 1.57. The zero-order valence-electron chi connectivity index (χ0n) is 14.7. The van der Waals surface area contributed by atoms with Crippen molar-refractivity contribution in [2.24, 2.45) is 0 Å². The topological polar surface area (TPSA) is 45.7 Å². The van der Waals surface area contributed by atoms with Crippen molar-refractivity contribution >= 4 is 23.2 Å². The van der Waals surface area contributed by atoms with Crippen LogP contribution in [0.25, 0.3) is 0 Å². The summed E-state index contributed by atoms with van der Waals surface area (Å²) in [5, 5.41) is 5.93. The number of benzene rings is 3. The maximum Gasteiger partial charge on any atom is 0.255 e. The van der Waals surface area contributed by atoms with Crippen LogP contribution in [0.1, 0.15) is 34.5 Å². The van der Waals surface area contributed by atoms with Gasteiger partial charge in [0.15, 0.2) is 0 Å². The van der Waals surface area contributed by atoms with Gasteiger partial charge >= 0.3 is 0 Å². The van der Waals surface area contributed by atoms with E-state index in [0.29, 0.717) is 5.56 Å². The summed E-state index contributed by atoms with van der Waals surface area (Å²) in [7, 11) is 0. The van der Waals surface area contributed by atoms with Crippen molar-refractivity contribution in [2.75, 3.05) is 5.32 Å². The Kier molecular flexibility index (Phi) is 6.05. The number of rotatable bonds is 6. The van der Waals surface area contributed by atoms with Gasteiger partial charge in [0.25, 0.3) is 5.91 Å². The lowest BCUT2D eigenvalue weighted by Gasteiger charge is -2.13. The molecule has 132 valence electrons. The third kappa shape index (κ3) is 4.72. The van der Waals surface area contributed by atoms with Crippen molar-refractivity contribution in [1.29, 1.82) is 0 Å². The normalized spacial score (nSPS) is 11.8. The molecular weight excluding hydrogens is 344 g/mol. The summed E-state index contributed by atoms with van der Waals surface area (Å²) in [6.07, 6.45) is 0. The first-order chi connectivity index (χ1) is 12.6. The molecule has 0 unspecified atom stereocenters. The van der Waals surface area contributed by atoms with Gasteiger partial charge in [0.1, 0.15) is 12.6 Å². The average molecular weight is 366 g/mol. The molecule has 1 atom stereocenters. The number of nitrogens with one attached hydrogen (secondary N) is 1. The molecule has 0 aliphatic rings. The van der Waals surface area contributed by atoms with Gasteiger partial charge in [0.05, 0.1) is 0 Å². The summed E-state index contributed by atoms with van der Waals surface area (Å²) in [5.41, 5.74) is 3.74. The minimum absolute atomic E-state index is 0.101. The maximum atomic E-state index is 12.3. The summed E-state index contributed by atoms with van der Waals surface area (Å²) < 4.78 is 0. The molecular formula is C22H22ClN2O+. The molecule has 0 bridgehead atoms. The van der Waals surface area contributed by atoms with Gasteiger partial charge in [-0.1, -0.05) is 60.1 Å². The predicted octanol–water partition coefficient (Wildman–Crippen LogP) is 4.42. The zero-order chi connectivity index (χ0) is 18.4. The number of carbonyl (C=O) groups is 1. The minimum atomic E-state index is -0.101. The smallest absolute Gasteiger partial charge is 0.255 e. The van der Waals surface area contributed by atoms with Gasteiger partial charge in [-0.3, -0.25) is 4.79 Å². The van der Waals surface area contributed by atoms with Gasteiger partial charge in [-0.25, -0.2) is 0 Å². The molecule has 0 fully saturated rings. The molecule has 26 heavy (non-hydrogen) atoms. The Bertz CT molecular complexity index is 863. The summed E-state index contributed by atoms with van der Waals surface area (Å²) in [5.74, 6) is -0.101. The number of hydrogen-bond donors (Lipinski definition) is 2. The third-order valence-corrected chi connectivity index (χ3v) is 4.69. The minimum Gasteiger partial charge on any atom is -0.337 e. The molecule has 0 spiro atoms. The summed E-state index contributed by atoms with van der Waals surface area (Å²) in [6, 6.07) is 25.4. The molecule has 3 nitrogen and oxygen atoms in total. The molecule has 0 radical (unpaired) electrons. The molecule has 0 heterocycles. The maximum absolute atomic E-state index is 12.3. The molecule has 0 aliphatic heterocycles. The number of quaternary nitrogens is 1. The molecule has 0 aliphatic carbocycles. The van der Waals surface area contributed by atoms with Crippen molar-refractivity contribution in [3.8, 4) is 0 Å². The number of nitrogens with two attached hydrogens (primary N) is 1. The van der Waals surface area contributed by atoms with Crippen LogP contribution in [0.15, 0.2) is 78.9 Å². The number of carbonyl (C=O) groups excluding carboxylic acids is 1. The molecule has 3 rings (SSSR count). The first-order valence-electron chi connectivity index (χ1n) is 8.66. The molecule has 3 N–H and O–H groups in total. The number of hydrogen-bond acceptors (Lipinski definition) is 1. The Labute approximate surface area is 159 Å². The molecule has 4 heteroatoms. The van der Waals surface area contributed by atoms with E-state index >= 15 is 0 Å². The van der Waals surface area contributed by atoms with Gasteiger partial charge in [-0.05, 0) is 37.3 Å². The largest absolute Gasteiger partial charge is 0.337 e. The zero-order valence-corrected chi connectivity index (χ0v) is 15.4. The summed E-state index contributed by atoms with van der Waals surface area (Å²) >= 11 is 6.26. The highest BCUT2D eigenvalue weighted by molar-refractivity contribution is 6.31. The van der Waals surface area contributed by atoms with E-state index in [4.69, 9.17) is 11.6 Å². The second-order valence-electron chi connectivity index (χ2n) is 6.27. The van der Waals surface area contributed by atoms with E-state index in [9.17, 15) is 4.79 Å². The van der Waals surface area contributed by atoms with E-state index in [-0.39, 0.29) is 11.9 Å². The Morgan fingerprint density at radius 2 is 1.62 bits per heavy atom. The lowest BCUT2D eigenvalue weighted by Crippen LogP contribution is -2.83. The van der Waals surface area contributed by atoms with Gasteiger partial charge in [-0.15, -0.1) is 0 Å². The van der Waals surface area contributed by atoms with Gasteiger partial charge in [0, 0.05) is 27.4 Å². The van der Waals surface area contributed by atoms with Crippen LogP contribution < -0.4 is 10.6 Å². The molecule has 0 saturated heterocycles. The number of halogens is 1. The van der Waals surface area contributed by atoms with Crippen molar-refractivity contribution in [3.05, 3.63) is 101 Å². The van der Waals surface area contributed by atoms with Crippen LogP contribution >= 0.6 is 11.6 Å². The van der Waals surface area contributed by atoms with Gasteiger partial charge < -0.3 is 10.6 Å². The fourth-order valence-electron chi connectivity index (χ4n) is 2.80. The van der Waals surface area contributed by atoms with E-state index in [1.165, 1.54) is 5.56 Å². The number of para-hydroxylation sites is 1. The lowest BCUT2D eigenvalue weighted by molar-refractivity contribution is -0.707. The molecule has 0 saturated carbocycles. The highest BCUT2D eigenvalue weighted by Gasteiger charge is 2.12. The van der Waals surface area contributed by atoms with Gasteiger partial charge in [0.2, 0.25) is 0 Å². The molecule has 0 aromatic heterocycles. The Morgan fingerprint density at radius 1 is 0.962 bits per heavy atom. The molecule has 3 aromatic carbocycles. The fourth-order valence-corrected chi connectivity index (χ4v) is 3.11. The predicted molar refractivity (Wildman–Crippen MR) is 106 cm³/mol. The van der Waals surface area contributed by atoms with Crippen LogP contribution in [0.2, 0.25) is 5.02 Å². The van der Waals surface area contributed by atoms with Crippen LogP contribution in [-0.2, 0) is 6.54 Å². The van der Waals surface area contributed by atoms with E-state index in [1.54, 1.807) is 0 Å². The summed E-state index contributed by atoms with van der Waals surface area (Å²) in [6.45, 7) is 2.97. The van der Waals surface area contributed by atoms with Crippen molar-refractivity contribution in [2.45, 2.75) is 19.5 Å². The van der Waals surface area contributed by atoms with E-state index in [2.05, 4.69) is 23.6 Å². The van der Waals surface area contributed by atoms with Crippen LogP contribution in [-0.4, -0.2) is 5.91 Å². The molecule has 1 amide bonds.